The van der Waals surface area contributed by atoms with Crippen LogP contribution >= 0.6 is 0 Å². The Balaban J connectivity index is 2.17. The van der Waals surface area contributed by atoms with Gasteiger partial charge < -0.3 is 4.90 Å². The minimum absolute atomic E-state index is 0.284. The number of hydrogen-bond acceptors (Lipinski definition) is 2. The van der Waals surface area contributed by atoms with Crippen molar-refractivity contribution < 1.29 is 4.39 Å². The van der Waals surface area contributed by atoms with Gasteiger partial charge in [-0.25, -0.2) is 4.39 Å². The van der Waals surface area contributed by atoms with Crippen molar-refractivity contribution in [2.75, 3.05) is 18.0 Å². The summed E-state index contributed by atoms with van der Waals surface area (Å²) in [5, 5.41) is 8.70. The summed E-state index contributed by atoms with van der Waals surface area (Å²) in [6, 6.07) is 6.67. The maximum Gasteiger partial charge on any atom is 0.147 e. The van der Waals surface area contributed by atoms with Gasteiger partial charge in [0, 0.05) is 13.1 Å². The van der Waals surface area contributed by atoms with Crippen LogP contribution in [0.2, 0.25) is 0 Å². The van der Waals surface area contributed by atoms with E-state index in [4.69, 9.17) is 5.26 Å². The van der Waals surface area contributed by atoms with E-state index in [0.29, 0.717) is 23.1 Å². The number of halogens is 1. The number of nitrogens with zero attached hydrogens (tertiary/aromatic N) is 2. The number of nitriles is 1. The van der Waals surface area contributed by atoms with Crippen LogP contribution in [0.1, 0.15) is 25.8 Å². The molecule has 0 aromatic heterocycles. The molecule has 0 bridgehead atoms. The van der Waals surface area contributed by atoms with E-state index < -0.39 is 0 Å². The summed E-state index contributed by atoms with van der Waals surface area (Å²) < 4.78 is 13.8. The molecule has 0 spiro atoms. The summed E-state index contributed by atoms with van der Waals surface area (Å²) in [5.74, 6) is 1.000. The van der Waals surface area contributed by atoms with Gasteiger partial charge in [-0.3, -0.25) is 0 Å². The van der Waals surface area contributed by atoms with Crippen LogP contribution in [-0.2, 0) is 0 Å². The number of rotatable bonds is 2. The molecule has 90 valence electrons. The molecule has 1 heterocycles. The van der Waals surface area contributed by atoms with Gasteiger partial charge in [-0.15, -0.1) is 0 Å². The summed E-state index contributed by atoms with van der Waals surface area (Å²) >= 11 is 0. The molecule has 1 aliphatic heterocycles. The Bertz CT molecular complexity index is 448. The average Bonchev–Trinajstić information content (AvgIpc) is 2.78. The van der Waals surface area contributed by atoms with Crippen molar-refractivity contribution in [2.24, 2.45) is 11.8 Å². The molecule has 1 atom stereocenters. The fourth-order valence-corrected chi connectivity index (χ4v) is 2.38. The van der Waals surface area contributed by atoms with E-state index in [2.05, 4.69) is 18.7 Å². The lowest BCUT2D eigenvalue weighted by Gasteiger charge is -2.20. The van der Waals surface area contributed by atoms with Crippen LogP contribution < -0.4 is 4.90 Å². The summed E-state index contributed by atoms with van der Waals surface area (Å²) in [6.07, 6.45) is 1.12. The van der Waals surface area contributed by atoms with Crippen molar-refractivity contribution in [3.05, 3.63) is 29.6 Å². The van der Waals surface area contributed by atoms with Crippen LogP contribution in [0.5, 0.6) is 0 Å². The normalized spacial score (nSPS) is 19.7. The SMILES string of the molecule is CC(C)C1CCN(c2ccc(C#N)cc2F)C1. The predicted molar refractivity (Wildman–Crippen MR) is 66.3 cm³/mol. The van der Waals surface area contributed by atoms with E-state index in [1.807, 2.05) is 6.07 Å². The van der Waals surface area contributed by atoms with Crippen molar-refractivity contribution in [1.29, 1.82) is 5.26 Å². The second-order valence-electron chi connectivity index (χ2n) is 5.02. The quantitative estimate of drug-likeness (QED) is 0.783. The second-order valence-corrected chi connectivity index (χ2v) is 5.02. The van der Waals surface area contributed by atoms with Gasteiger partial charge in [0.05, 0.1) is 17.3 Å². The largest absolute Gasteiger partial charge is 0.369 e. The Hall–Kier alpha value is -1.56. The van der Waals surface area contributed by atoms with Crippen LogP contribution in [0.25, 0.3) is 0 Å². The van der Waals surface area contributed by atoms with E-state index in [-0.39, 0.29) is 5.82 Å². The first-order valence-corrected chi connectivity index (χ1v) is 6.06. The van der Waals surface area contributed by atoms with Crippen LogP contribution in [0, 0.1) is 29.0 Å². The molecular weight excluding hydrogens is 215 g/mol. The summed E-state index contributed by atoms with van der Waals surface area (Å²) in [4.78, 5) is 2.08. The first kappa shape index (κ1) is 11.9. The first-order chi connectivity index (χ1) is 8.11. The van der Waals surface area contributed by atoms with Gasteiger partial charge >= 0.3 is 0 Å². The Morgan fingerprint density at radius 1 is 1.47 bits per heavy atom. The third-order valence-electron chi connectivity index (χ3n) is 3.58. The predicted octanol–water partition coefficient (Wildman–Crippen LogP) is 3.18. The number of anilines is 1. The monoisotopic (exact) mass is 232 g/mol. The fraction of sp³-hybridized carbons (Fsp3) is 0.500. The Kier molecular flexibility index (Phi) is 3.33. The van der Waals surface area contributed by atoms with Crippen molar-refractivity contribution in [3.8, 4) is 6.07 Å². The molecule has 2 rings (SSSR count). The number of hydrogen-bond donors (Lipinski definition) is 0. The molecule has 3 heteroatoms. The molecule has 17 heavy (non-hydrogen) atoms. The van der Waals surface area contributed by atoms with E-state index in [0.717, 1.165) is 19.5 Å². The van der Waals surface area contributed by atoms with Gasteiger partial charge in [-0.2, -0.15) is 5.26 Å². The fourth-order valence-electron chi connectivity index (χ4n) is 2.38. The van der Waals surface area contributed by atoms with Crippen LogP contribution in [-0.4, -0.2) is 13.1 Å². The highest BCUT2D eigenvalue weighted by molar-refractivity contribution is 5.51. The first-order valence-electron chi connectivity index (χ1n) is 6.06. The molecule has 0 radical (unpaired) electrons. The van der Waals surface area contributed by atoms with E-state index in [1.165, 1.54) is 6.07 Å². The standard InChI is InChI=1S/C14H17FN2/c1-10(2)12-5-6-17(9-12)14-4-3-11(8-16)7-13(14)15/h3-4,7,10,12H,5-6,9H2,1-2H3. The van der Waals surface area contributed by atoms with Gasteiger partial charge in [0.25, 0.3) is 0 Å². The maximum absolute atomic E-state index is 13.8. The van der Waals surface area contributed by atoms with E-state index >= 15 is 0 Å². The molecule has 1 saturated heterocycles. The zero-order valence-electron chi connectivity index (χ0n) is 10.3. The molecule has 0 amide bonds. The Morgan fingerprint density at radius 2 is 2.24 bits per heavy atom. The molecule has 1 aromatic rings. The van der Waals surface area contributed by atoms with Gasteiger partial charge in [0.15, 0.2) is 0 Å². The molecule has 0 N–H and O–H groups in total. The van der Waals surface area contributed by atoms with Gasteiger partial charge in [-0.1, -0.05) is 13.8 Å². The molecule has 0 saturated carbocycles. The summed E-state index contributed by atoms with van der Waals surface area (Å²) in [7, 11) is 0. The minimum Gasteiger partial charge on any atom is -0.369 e. The average molecular weight is 232 g/mol. The smallest absolute Gasteiger partial charge is 0.147 e. The Morgan fingerprint density at radius 3 is 2.76 bits per heavy atom. The molecule has 2 nitrogen and oxygen atoms in total. The lowest BCUT2D eigenvalue weighted by molar-refractivity contribution is 0.422. The van der Waals surface area contributed by atoms with Crippen molar-refractivity contribution >= 4 is 5.69 Å². The molecular formula is C14H17FN2. The lowest BCUT2D eigenvalue weighted by atomic mass is 9.95. The van der Waals surface area contributed by atoms with Crippen molar-refractivity contribution in [3.63, 3.8) is 0 Å². The topological polar surface area (TPSA) is 27.0 Å². The zero-order valence-corrected chi connectivity index (χ0v) is 10.3. The third kappa shape index (κ3) is 2.41. The third-order valence-corrected chi connectivity index (χ3v) is 3.58. The van der Waals surface area contributed by atoms with Crippen LogP contribution in [0.4, 0.5) is 10.1 Å². The van der Waals surface area contributed by atoms with E-state index in [1.54, 1.807) is 12.1 Å². The molecule has 0 aliphatic carbocycles. The number of benzene rings is 1. The lowest BCUT2D eigenvalue weighted by Crippen LogP contribution is -2.22. The van der Waals surface area contributed by atoms with Crippen molar-refractivity contribution in [2.45, 2.75) is 20.3 Å². The highest BCUT2D eigenvalue weighted by Gasteiger charge is 2.26. The minimum atomic E-state index is -0.284. The van der Waals surface area contributed by atoms with E-state index in [9.17, 15) is 4.39 Å². The summed E-state index contributed by atoms with van der Waals surface area (Å²) in [6.45, 7) is 6.25. The molecule has 1 fully saturated rings. The maximum atomic E-state index is 13.8. The second kappa shape index (κ2) is 4.75. The highest BCUT2D eigenvalue weighted by atomic mass is 19.1. The Labute approximate surface area is 102 Å². The van der Waals surface area contributed by atoms with Crippen LogP contribution in [0.3, 0.4) is 0 Å². The van der Waals surface area contributed by atoms with Gasteiger partial charge in [-0.05, 0) is 36.5 Å². The zero-order chi connectivity index (χ0) is 12.4. The van der Waals surface area contributed by atoms with Crippen molar-refractivity contribution in [1.82, 2.24) is 0 Å². The summed E-state index contributed by atoms with van der Waals surface area (Å²) in [5.41, 5.74) is 1.01. The molecule has 1 aromatic carbocycles. The van der Waals surface area contributed by atoms with Crippen LogP contribution in [0.15, 0.2) is 18.2 Å². The van der Waals surface area contributed by atoms with Gasteiger partial charge in [0.1, 0.15) is 5.82 Å². The molecule has 1 unspecified atom stereocenters. The highest BCUT2D eigenvalue weighted by Crippen LogP contribution is 2.30. The van der Waals surface area contributed by atoms with Gasteiger partial charge in [0.2, 0.25) is 0 Å². The molecule has 1 aliphatic rings.